The van der Waals surface area contributed by atoms with Gasteiger partial charge in [-0.3, -0.25) is 19.8 Å². The van der Waals surface area contributed by atoms with E-state index in [-0.39, 0.29) is 42.4 Å². The Labute approximate surface area is 238 Å². The number of hydrogen-bond acceptors (Lipinski definition) is 7. The van der Waals surface area contributed by atoms with Crippen molar-refractivity contribution in [3.05, 3.63) is 88.4 Å². The monoisotopic (exact) mass is 565 g/mol. The van der Waals surface area contributed by atoms with Crippen molar-refractivity contribution in [1.29, 1.82) is 5.41 Å². The summed E-state index contributed by atoms with van der Waals surface area (Å²) in [5.74, 6) is -1.68. The molecule has 2 aliphatic rings. The van der Waals surface area contributed by atoms with Gasteiger partial charge in [0, 0.05) is 62.6 Å². The number of rotatable bonds is 10. The number of nitrogens with two attached hydrogens (primary N) is 1. The standard InChI is InChI=1S/C28H32FN5O3.C2H4O2/c1-3-37-28(34-15-21-17(2)8-11-25(35)22(21)16-34)27(36)33-14-20-10-9-18(26(30)31)12-24(20)32-13-19-6-4-5-7-23(19)29;1-2(3)4/h4-10,12,15,22,28,32H,3,11,13-14,16H2,1-2H3,(H3,30,31)(H,33,36);1H3,(H,3,4). The van der Waals surface area contributed by atoms with Gasteiger partial charge in [0.1, 0.15) is 17.4 Å². The zero-order valence-electron chi connectivity index (χ0n) is 23.4. The number of hydrogen-bond donors (Lipinski definition) is 5. The second-order valence-electron chi connectivity index (χ2n) is 9.67. The molecule has 2 aromatic rings. The molecule has 2 unspecified atom stereocenters. The summed E-state index contributed by atoms with van der Waals surface area (Å²) in [6.07, 6.45) is 3.31. The molecule has 1 heterocycles. The molecule has 1 aliphatic heterocycles. The first kappa shape index (κ1) is 31.0. The van der Waals surface area contributed by atoms with Crippen LogP contribution in [0.1, 0.15) is 43.9 Å². The number of nitrogens with zero attached hydrogens (tertiary/aromatic N) is 1. The highest BCUT2D eigenvalue weighted by Gasteiger charge is 2.38. The topological polar surface area (TPSA) is 158 Å². The van der Waals surface area contributed by atoms with Crippen molar-refractivity contribution in [3.63, 3.8) is 0 Å². The number of amides is 1. The second-order valence-corrected chi connectivity index (χ2v) is 9.67. The smallest absolute Gasteiger partial charge is 0.300 e. The summed E-state index contributed by atoms with van der Waals surface area (Å²) >= 11 is 0. The van der Waals surface area contributed by atoms with Crippen LogP contribution in [0.4, 0.5) is 10.1 Å². The lowest BCUT2D eigenvalue weighted by Gasteiger charge is -2.27. The van der Waals surface area contributed by atoms with Crippen LogP contribution in [-0.4, -0.2) is 52.9 Å². The number of carbonyl (C=O) groups is 3. The Bertz CT molecular complexity index is 1370. The molecule has 2 atom stereocenters. The normalized spacial score (nSPS) is 16.4. The molecule has 0 radical (unpaired) electrons. The predicted molar refractivity (Wildman–Crippen MR) is 153 cm³/mol. The van der Waals surface area contributed by atoms with Gasteiger partial charge in [-0.05, 0) is 42.7 Å². The number of fused-ring (bicyclic) bond motifs is 1. The first-order valence-electron chi connectivity index (χ1n) is 13.2. The van der Waals surface area contributed by atoms with Gasteiger partial charge in [0.15, 0.2) is 0 Å². The molecule has 11 heteroatoms. The summed E-state index contributed by atoms with van der Waals surface area (Å²) < 4.78 is 19.9. The molecule has 10 nitrogen and oxygen atoms in total. The number of ether oxygens (including phenoxy) is 1. The molecule has 0 fully saturated rings. The van der Waals surface area contributed by atoms with E-state index in [9.17, 15) is 14.0 Å². The Morgan fingerprint density at radius 2 is 1.93 bits per heavy atom. The third-order valence-corrected chi connectivity index (χ3v) is 6.68. The van der Waals surface area contributed by atoms with Gasteiger partial charge in [-0.2, -0.15) is 0 Å². The Kier molecular flexibility index (Phi) is 10.8. The summed E-state index contributed by atoms with van der Waals surface area (Å²) in [6, 6.07) is 11.7. The molecule has 0 aromatic heterocycles. The molecule has 1 amide bonds. The van der Waals surface area contributed by atoms with E-state index in [0.29, 0.717) is 36.4 Å². The Morgan fingerprint density at radius 3 is 2.56 bits per heavy atom. The first-order chi connectivity index (χ1) is 19.5. The number of anilines is 1. The van der Waals surface area contributed by atoms with Crippen molar-refractivity contribution in [3.8, 4) is 0 Å². The highest BCUT2D eigenvalue weighted by atomic mass is 19.1. The van der Waals surface area contributed by atoms with Crippen LogP contribution in [0.2, 0.25) is 0 Å². The molecule has 0 saturated heterocycles. The number of carboxylic acids is 1. The summed E-state index contributed by atoms with van der Waals surface area (Å²) in [4.78, 5) is 36.4. The van der Waals surface area contributed by atoms with E-state index in [4.69, 9.17) is 25.8 Å². The van der Waals surface area contributed by atoms with Gasteiger partial charge in [-0.1, -0.05) is 36.4 Å². The zero-order valence-corrected chi connectivity index (χ0v) is 23.4. The van der Waals surface area contributed by atoms with Crippen molar-refractivity contribution in [1.82, 2.24) is 10.2 Å². The number of nitrogens with one attached hydrogen (secondary N) is 3. The van der Waals surface area contributed by atoms with Crippen molar-refractivity contribution >= 4 is 29.2 Å². The molecule has 218 valence electrons. The van der Waals surface area contributed by atoms with Crippen LogP contribution >= 0.6 is 0 Å². The van der Waals surface area contributed by atoms with E-state index in [1.165, 1.54) is 6.07 Å². The second kappa shape index (κ2) is 14.2. The Balaban J connectivity index is 0.00000108. The van der Waals surface area contributed by atoms with Gasteiger partial charge in [0.2, 0.25) is 6.23 Å². The minimum atomic E-state index is -0.880. The number of halogens is 1. The maximum Gasteiger partial charge on any atom is 0.300 e. The molecular formula is C30H36FN5O5. The molecule has 4 rings (SSSR count). The third kappa shape index (κ3) is 8.24. The molecular weight excluding hydrogens is 529 g/mol. The van der Waals surface area contributed by atoms with Crippen LogP contribution in [-0.2, 0) is 32.2 Å². The number of amidine groups is 1. The SMILES string of the molecule is CC(=O)O.CCOC(C(=O)NCc1ccc(C(=N)N)cc1NCc1ccccc1F)N1C=C2C(C)=CCC(=O)C2C1. The molecule has 0 saturated carbocycles. The van der Waals surface area contributed by atoms with E-state index in [2.05, 4.69) is 10.6 Å². The average Bonchev–Trinajstić information content (AvgIpc) is 3.38. The molecule has 0 spiro atoms. The minimum absolute atomic E-state index is 0.0941. The highest BCUT2D eigenvalue weighted by Crippen LogP contribution is 2.34. The van der Waals surface area contributed by atoms with Crippen molar-refractivity contribution in [2.24, 2.45) is 11.7 Å². The number of carbonyl (C=O) groups excluding carboxylic acids is 2. The molecule has 41 heavy (non-hydrogen) atoms. The van der Waals surface area contributed by atoms with E-state index in [1.54, 1.807) is 41.3 Å². The van der Waals surface area contributed by atoms with Crippen LogP contribution in [0.25, 0.3) is 0 Å². The van der Waals surface area contributed by atoms with Gasteiger partial charge in [0.25, 0.3) is 11.9 Å². The Hall–Kier alpha value is -4.51. The van der Waals surface area contributed by atoms with E-state index < -0.39 is 12.2 Å². The lowest BCUT2D eigenvalue weighted by molar-refractivity contribution is -0.143. The molecule has 2 aromatic carbocycles. The number of Topliss-reactive ketones (excluding diaryl/α,β-unsaturated/α-hetero) is 1. The van der Waals surface area contributed by atoms with Crippen molar-refractivity contribution in [2.45, 2.75) is 46.5 Å². The fourth-order valence-electron chi connectivity index (χ4n) is 4.60. The van der Waals surface area contributed by atoms with E-state index in [1.807, 2.05) is 26.1 Å². The summed E-state index contributed by atoms with van der Waals surface area (Å²) in [5.41, 5.74) is 10.0. The zero-order chi connectivity index (χ0) is 30.1. The fourth-order valence-corrected chi connectivity index (χ4v) is 4.60. The van der Waals surface area contributed by atoms with Gasteiger partial charge in [0.05, 0.1) is 5.92 Å². The number of ketones is 1. The lowest BCUT2D eigenvalue weighted by Crippen LogP contribution is -2.46. The number of carboxylic acid groups (broad SMARTS) is 1. The maximum absolute atomic E-state index is 14.1. The molecule has 6 N–H and O–H groups in total. The summed E-state index contributed by atoms with van der Waals surface area (Å²) in [7, 11) is 0. The van der Waals surface area contributed by atoms with Crippen molar-refractivity contribution < 1.29 is 28.6 Å². The maximum atomic E-state index is 14.1. The van der Waals surface area contributed by atoms with E-state index >= 15 is 0 Å². The summed E-state index contributed by atoms with van der Waals surface area (Å²) in [5, 5.41) is 21.3. The van der Waals surface area contributed by atoms with Crippen LogP contribution in [0.3, 0.4) is 0 Å². The van der Waals surface area contributed by atoms with Gasteiger partial charge < -0.3 is 31.1 Å². The Morgan fingerprint density at radius 1 is 1.22 bits per heavy atom. The number of nitrogen functional groups attached to an aromatic ring is 1. The van der Waals surface area contributed by atoms with E-state index in [0.717, 1.165) is 23.6 Å². The average molecular weight is 566 g/mol. The quantitative estimate of drug-likeness (QED) is 0.216. The number of benzene rings is 2. The number of aliphatic carboxylic acids is 1. The van der Waals surface area contributed by atoms with Crippen LogP contribution in [0.15, 0.2) is 65.9 Å². The van der Waals surface area contributed by atoms with Gasteiger partial charge in [-0.15, -0.1) is 0 Å². The predicted octanol–water partition coefficient (Wildman–Crippen LogP) is 3.53. The summed E-state index contributed by atoms with van der Waals surface area (Å²) in [6.45, 7) is 6.00. The van der Waals surface area contributed by atoms with Crippen LogP contribution < -0.4 is 16.4 Å². The lowest BCUT2D eigenvalue weighted by atomic mass is 9.85. The van der Waals surface area contributed by atoms with Crippen LogP contribution in [0.5, 0.6) is 0 Å². The van der Waals surface area contributed by atoms with Gasteiger partial charge in [-0.25, -0.2) is 4.39 Å². The minimum Gasteiger partial charge on any atom is -0.481 e. The van der Waals surface area contributed by atoms with Crippen molar-refractivity contribution in [2.75, 3.05) is 18.5 Å². The highest BCUT2D eigenvalue weighted by molar-refractivity contribution is 5.96. The largest absolute Gasteiger partial charge is 0.481 e. The molecule has 0 bridgehead atoms. The molecule has 1 aliphatic carbocycles. The third-order valence-electron chi connectivity index (χ3n) is 6.68. The number of allylic oxidation sites excluding steroid dienone is 2. The van der Waals surface area contributed by atoms with Crippen LogP contribution in [0, 0.1) is 17.1 Å². The fraction of sp³-hybridized carbons (Fsp3) is 0.333. The van der Waals surface area contributed by atoms with Gasteiger partial charge >= 0.3 is 0 Å². The first-order valence-corrected chi connectivity index (χ1v) is 13.2.